The van der Waals surface area contributed by atoms with Crippen molar-refractivity contribution in [3.8, 4) is 0 Å². The Hall–Kier alpha value is 0.900. The van der Waals surface area contributed by atoms with Crippen LogP contribution in [0, 0.1) is 0 Å². The van der Waals surface area contributed by atoms with Gasteiger partial charge in [0.1, 0.15) is 0 Å². The van der Waals surface area contributed by atoms with Gasteiger partial charge in [-0.05, 0) is 6.92 Å². The molecular weight excluding hydrogens is 178 g/mol. The summed E-state index contributed by atoms with van der Waals surface area (Å²) < 4.78 is 0. The number of hydrogen-bond acceptors (Lipinski definition) is 0. The Balaban J connectivity index is -0.00000000333. The van der Waals surface area contributed by atoms with Crippen LogP contribution in [0.2, 0.25) is 0 Å². The van der Waals surface area contributed by atoms with Crippen LogP contribution in [0.4, 0.5) is 0 Å². The third-order valence-corrected chi connectivity index (χ3v) is 0. The lowest BCUT2D eigenvalue weighted by atomic mass is 10.8. The van der Waals surface area contributed by atoms with E-state index in [4.69, 9.17) is 0 Å². The Morgan fingerprint density at radius 2 is 1.00 bits per heavy atom. The van der Waals surface area contributed by atoms with Crippen molar-refractivity contribution in [2.75, 3.05) is 0 Å². The highest BCUT2D eigenvalue weighted by atomic mass is 35.5. The molecule has 0 rings (SSSR count). The molecule has 0 heterocycles. The van der Waals surface area contributed by atoms with Crippen LogP contribution in [0.5, 0.6) is 0 Å². The van der Waals surface area contributed by atoms with E-state index < -0.39 is 0 Å². The quantitative estimate of drug-likeness (QED) is 0.512. The summed E-state index contributed by atoms with van der Waals surface area (Å²) >= 11 is 0. The van der Waals surface area contributed by atoms with E-state index in [-0.39, 0.29) is 49.6 Å². The van der Waals surface area contributed by atoms with Gasteiger partial charge in [0.25, 0.3) is 0 Å². The zero-order chi connectivity index (χ0) is 2.71. The molecule has 4 heteroatoms. The maximum absolute atomic E-state index is 3.36. The number of halogens is 4. The Kier molecular flexibility index (Phi) is 425. The smallest absolute Gasteiger partial charge is 0.0473 e. The second-order valence-corrected chi connectivity index (χ2v) is 0.408. The summed E-state index contributed by atoms with van der Waals surface area (Å²) in [5, 5.41) is 0. The van der Waals surface area contributed by atoms with Crippen molar-refractivity contribution < 1.29 is 0 Å². The maximum atomic E-state index is 3.36. The molecule has 0 nitrogen and oxygen atoms in total. The second kappa shape index (κ2) is 66.5. The molecule has 0 unspecified atom stereocenters. The molecule has 0 saturated carbocycles. The molecule has 0 bridgehead atoms. The van der Waals surface area contributed by atoms with Gasteiger partial charge in [0.15, 0.2) is 0 Å². The normalized spacial score (nSPS) is 1.86. The van der Waals surface area contributed by atoms with E-state index in [1.54, 1.807) is 6.08 Å². The second-order valence-electron chi connectivity index (χ2n) is 0.408. The van der Waals surface area contributed by atoms with Crippen LogP contribution in [0.15, 0.2) is 12.7 Å². The highest BCUT2D eigenvalue weighted by Gasteiger charge is 1.15. The van der Waals surface area contributed by atoms with Crippen molar-refractivity contribution in [2.45, 2.75) is 6.92 Å². The Labute approximate surface area is 69.4 Å². The predicted molar refractivity (Wildman–Crippen MR) is 44.9 cm³/mol. The lowest BCUT2D eigenvalue weighted by molar-refractivity contribution is 1.80. The average molecular weight is 188 g/mol. The van der Waals surface area contributed by atoms with Crippen molar-refractivity contribution in [1.82, 2.24) is 0 Å². The molecule has 0 spiro atoms. The van der Waals surface area contributed by atoms with Crippen molar-refractivity contribution in [3.05, 3.63) is 12.7 Å². The SMILES string of the molecule is C=CC.Cl.Cl.Cl.Cl. The van der Waals surface area contributed by atoms with Gasteiger partial charge in [-0.3, -0.25) is 0 Å². The van der Waals surface area contributed by atoms with E-state index in [1.165, 1.54) is 0 Å². The van der Waals surface area contributed by atoms with Gasteiger partial charge in [-0.15, -0.1) is 56.2 Å². The molecule has 0 aliphatic heterocycles. The lowest BCUT2D eigenvalue weighted by Crippen LogP contribution is -1.07. The molecule has 0 radical (unpaired) electrons. The summed E-state index contributed by atoms with van der Waals surface area (Å²) in [4.78, 5) is 0. The molecule has 0 aliphatic carbocycles. The first-order valence-corrected chi connectivity index (χ1v) is 0.986. The molecule has 0 fully saturated rings. The van der Waals surface area contributed by atoms with Crippen molar-refractivity contribution >= 4 is 49.6 Å². The van der Waals surface area contributed by atoms with E-state index >= 15 is 0 Å². The van der Waals surface area contributed by atoms with Crippen molar-refractivity contribution in [2.24, 2.45) is 0 Å². The summed E-state index contributed by atoms with van der Waals surface area (Å²) in [5.41, 5.74) is 0. The molecule has 50 valence electrons. The summed E-state index contributed by atoms with van der Waals surface area (Å²) in [6.45, 7) is 5.25. The van der Waals surface area contributed by atoms with Crippen LogP contribution in [-0.4, -0.2) is 0 Å². The van der Waals surface area contributed by atoms with Crippen LogP contribution >= 0.6 is 49.6 Å². The molecule has 0 amide bonds. The zero-order valence-corrected chi connectivity index (χ0v) is 7.18. The molecule has 0 saturated heterocycles. The van der Waals surface area contributed by atoms with Gasteiger partial charge < -0.3 is 0 Å². The van der Waals surface area contributed by atoms with Gasteiger partial charge in [0, 0.05) is 0 Å². The van der Waals surface area contributed by atoms with E-state index in [1.807, 2.05) is 6.92 Å². The van der Waals surface area contributed by atoms with Crippen LogP contribution in [0.25, 0.3) is 0 Å². The Morgan fingerprint density at radius 1 is 1.00 bits per heavy atom. The third kappa shape index (κ3) is 205. The van der Waals surface area contributed by atoms with Gasteiger partial charge in [-0.2, -0.15) is 0 Å². The van der Waals surface area contributed by atoms with Crippen LogP contribution in [0.3, 0.4) is 0 Å². The van der Waals surface area contributed by atoms with E-state index in [0.29, 0.717) is 0 Å². The van der Waals surface area contributed by atoms with E-state index in [2.05, 4.69) is 6.58 Å². The average Bonchev–Trinajstić information content (AvgIpc) is 0.918. The molecule has 0 aliphatic rings. The molecule has 0 aromatic carbocycles. The maximum Gasteiger partial charge on any atom is -0.0473 e. The van der Waals surface area contributed by atoms with Gasteiger partial charge in [0.05, 0.1) is 0 Å². The zero-order valence-electron chi connectivity index (χ0n) is 3.92. The van der Waals surface area contributed by atoms with Gasteiger partial charge >= 0.3 is 0 Å². The van der Waals surface area contributed by atoms with Crippen LogP contribution < -0.4 is 0 Å². The molecular formula is C3H10Cl4. The Bertz CT molecular complexity index is 14.4. The molecule has 0 atom stereocenters. The number of allylic oxidation sites excluding steroid dienone is 1. The summed E-state index contributed by atoms with van der Waals surface area (Å²) in [7, 11) is 0. The predicted octanol–water partition coefficient (Wildman–Crippen LogP) is 2.88. The van der Waals surface area contributed by atoms with E-state index in [9.17, 15) is 0 Å². The first kappa shape index (κ1) is 44.7. The minimum atomic E-state index is 0. The standard InChI is InChI=1S/C3H6.4ClH/c1-3-2;;;;/h3H,1H2,2H3;4*1H. The topological polar surface area (TPSA) is 0 Å². The highest BCUT2D eigenvalue weighted by molar-refractivity contribution is 5.86. The fraction of sp³-hybridized carbons (Fsp3) is 0.333. The van der Waals surface area contributed by atoms with Crippen molar-refractivity contribution in [1.29, 1.82) is 0 Å². The lowest BCUT2D eigenvalue weighted by Gasteiger charge is -1.31. The summed E-state index contributed by atoms with van der Waals surface area (Å²) in [6.07, 6.45) is 1.75. The fourth-order valence-electron chi connectivity index (χ4n) is 0. The molecule has 0 N–H and O–H groups in total. The van der Waals surface area contributed by atoms with Gasteiger partial charge in [0.2, 0.25) is 0 Å². The number of rotatable bonds is 0. The largest absolute Gasteiger partial charge is 0.147 e. The first-order chi connectivity index (χ1) is 1.41. The van der Waals surface area contributed by atoms with Gasteiger partial charge in [-0.1, -0.05) is 6.08 Å². The van der Waals surface area contributed by atoms with Crippen molar-refractivity contribution in [3.63, 3.8) is 0 Å². The van der Waals surface area contributed by atoms with Crippen LogP contribution in [0.1, 0.15) is 6.92 Å². The third-order valence-electron chi connectivity index (χ3n) is 0. The Morgan fingerprint density at radius 3 is 1.00 bits per heavy atom. The summed E-state index contributed by atoms with van der Waals surface area (Å²) in [6, 6.07) is 0. The van der Waals surface area contributed by atoms with Gasteiger partial charge in [-0.25, -0.2) is 0 Å². The molecule has 0 aromatic rings. The minimum Gasteiger partial charge on any atom is -0.147 e. The first-order valence-electron chi connectivity index (χ1n) is 0.986. The number of hydrogen-bond donors (Lipinski definition) is 0. The monoisotopic (exact) mass is 186 g/mol. The summed E-state index contributed by atoms with van der Waals surface area (Å²) in [5.74, 6) is 0. The van der Waals surface area contributed by atoms with E-state index in [0.717, 1.165) is 0 Å². The van der Waals surface area contributed by atoms with Crippen LogP contribution in [-0.2, 0) is 0 Å². The fourth-order valence-corrected chi connectivity index (χ4v) is 0. The molecule has 7 heavy (non-hydrogen) atoms. The molecule has 0 aromatic heterocycles. The minimum absolute atomic E-state index is 0. The highest BCUT2D eigenvalue weighted by Crippen LogP contribution is 1.38.